The van der Waals surface area contributed by atoms with Crippen molar-refractivity contribution in [2.45, 2.75) is 33.2 Å². The third-order valence-electron chi connectivity index (χ3n) is 3.93. The summed E-state index contributed by atoms with van der Waals surface area (Å²) in [5.41, 5.74) is 1.47. The van der Waals surface area contributed by atoms with Crippen LogP contribution in [0.1, 0.15) is 38.8 Å². The van der Waals surface area contributed by atoms with Crippen LogP contribution in [-0.2, 0) is 4.79 Å². The number of thiocarbonyl (C=S) groups is 1. The number of Topliss-reactive ketones (excluding diaryl/α,β-unsaturated/α-hetero) is 1. The van der Waals surface area contributed by atoms with E-state index in [1.807, 2.05) is 18.7 Å². The summed E-state index contributed by atoms with van der Waals surface area (Å²) >= 11 is 17.3. The van der Waals surface area contributed by atoms with Crippen molar-refractivity contribution in [3.8, 4) is 11.5 Å². The van der Waals surface area contributed by atoms with Crippen LogP contribution in [0.25, 0.3) is 0 Å². The minimum absolute atomic E-state index is 0.0166. The molecule has 0 radical (unpaired) electrons. The summed E-state index contributed by atoms with van der Waals surface area (Å²) in [5, 5.41) is 23.3. The monoisotopic (exact) mass is 388 g/mol. The lowest BCUT2D eigenvalue weighted by atomic mass is 9.91. The van der Waals surface area contributed by atoms with Gasteiger partial charge < -0.3 is 20.4 Å². The van der Waals surface area contributed by atoms with E-state index >= 15 is 0 Å². The highest BCUT2D eigenvalue weighted by Crippen LogP contribution is 2.45. The second-order valence-corrected chi connectivity index (χ2v) is 6.72. The average Bonchev–Trinajstić information content (AvgIpc) is 2.51. The molecule has 0 saturated carbocycles. The van der Waals surface area contributed by atoms with Crippen LogP contribution in [0.3, 0.4) is 0 Å². The van der Waals surface area contributed by atoms with Crippen molar-refractivity contribution in [1.29, 1.82) is 0 Å². The van der Waals surface area contributed by atoms with Crippen LogP contribution in [0.2, 0.25) is 10.0 Å². The number of carbonyl (C=O) groups excluding carboxylic acids is 1. The van der Waals surface area contributed by atoms with Gasteiger partial charge in [0, 0.05) is 23.4 Å². The molecule has 0 fully saturated rings. The minimum Gasteiger partial charge on any atom is -0.506 e. The van der Waals surface area contributed by atoms with Crippen molar-refractivity contribution >= 4 is 46.3 Å². The molecule has 3 N–H and O–H groups in total. The number of phenolic OH excluding ortho intramolecular Hbond substituents is 2. The number of benzene rings is 1. The van der Waals surface area contributed by atoms with Crippen molar-refractivity contribution in [3.63, 3.8) is 0 Å². The van der Waals surface area contributed by atoms with Crippen molar-refractivity contribution < 1.29 is 15.0 Å². The van der Waals surface area contributed by atoms with E-state index in [9.17, 15) is 15.0 Å². The van der Waals surface area contributed by atoms with Crippen LogP contribution < -0.4 is 5.32 Å². The molecule has 2 rings (SSSR count). The lowest BCUT2D eigenvalue weighted by Crippen LogP contribution is -2.47. The molecule has 1 heterocycles. The number of nitrogens with one attached hydrogen (secondary N) is 1. The highest BCUT2D eigenvalue weighted by molar-refractivity contribution is 7.80. The quantitative estimate of drug-likeness (QED) is 0.679. The lowest BCUT2D eigenvalue weighted by Gasteiger charge is -2.38. The number of aromatic hydroxyl groups is 2. The number of rotatable bonds is 4. The Morgan fingerprint density at radius 2 is 2.00 bits per heavy atom. The van der Waals surface area contributed by atoms with Crippen molar-refractivity contribution in [2.24, 2.45) is 0 Å². The molecule has 1 aliphatic rings. The zero-order valence-electron chi connectivity index (χ0n) is 13.5. The number of hydrogen-bond acceptors (Lipinski definition) is 4. The molecule has 24 heavy (non-hydrogen) atoms. The number of nitrogens with zero attached hydrogens (tertiary/aromatic N) is 1. The molecular weight excluding hydrogens is 371 g/mol. The third kappa shape index (κ3) is 3.18. The van der Waals surface area contributed by atoms with Crippen LogP contribution in [0.5, 0.6) is 11.5 Å². The Labute approximate surface area is 155 Å². The SMILES string of the molecule is CCCN1C(=S)NC(c2cc(Cl)c(O)c(Cl)c2O)C(C(C)=O)=C1C. The average molecular weight is 389 g/mol. The summed E-state index contributed by atoms with van der Waals surface area (Å²) in [6.45, 7) is 5.95. The Morgan fingerprint density at radius 1 is 1.38 bits per heavy atom. The number of carbonyl (C=O) groups is 1. The number of ketones is 1. The molecule has 130 valence electrons. The lowest BCUT2D eigenvalue weighted by molar-refractivity contribution is -0.114. The first kappa shape index (κ1) is 18.8. The minimum atomic E-state index is -0.696. The van der Waals surface area contributed by atoms with Gasteiger partial charge in [0.25, 0.3) is 0 Å². The van der Waals surface area contributed by atoms with Gasteiger partial charge in [-0.2, -0.15) is 0 Å². The van der Waals surface area contributed by atoms with Crippen LogP contribution >= 0.6 is 35.4 Å². The van der Waals surface area contributed by atoms with E-state index in [0.717, 1.165) is 12.1 Å². The summed E-state index contributed by atoms with van der Waals surface area (Å²) in [4.78, 5) is 14.1. The van der Waals surface area contributed by atoms with Crippen molar-refractivity contribution in [1.82, 2.24) is 10.2 Å². The van der Waals surface area contributed by atoms with E-state index in [0.29, 0.717) is 17.2 Å². The fourth-order valence-corrected chi connectivity index (χ4v) is 3.62. The second kappa shape index (κ2) is 7.17. The maximum Gasteiger partial charge on any atom is 0.173 e. The second-order valence-electron chi connectivity index (χ2n) is 5.55. The summed E-state index contributed by atoms with van der Waals surface area (Å²) in [7, 11) is 0. The Bertz CT molecular complexity index is 749. The largest absolute Gasteiger partial charge is 0.506 e. The maximum absolute atomic E-state index is 12.2. The molecule has 8 heteroatoms. The van der Waals surface area contributed by atoms with Gasteiger partial charge >= 0.3 is 0 Å². The van der Waals surface area contributed by atoms with Crippen molar-refractivity contribution in [3.05, 3.63) is 32.9 Å². The Balaban J connectivity index is 2.66. The Morgan fingerprint density at radius 3 is 2.54 bits per heavy atom. The number of phenols is 2. The molecule has 0 bridgehead atoms. The predicted octanol–water partition coefficient (Wildman–Crippen LogP) is 3.91. The van der Waals surface area contributed by atoms with Gasteiger partial charge in [0.15, 0.2) is 16.6 Å². The van der Waals surface area contributed by atoms with Gasteiger partial charge in [0.1, 0.15) is 10.8 Å². The topological polar surface area (TPSA) is 72.8 Å². The first-order valence-corrected chi connectivity index (χ1v) is 8.56. The third-order valence-corrected chi connectivity index (χ3v) is 4.92. The Hall–Kier alpha value is -1.50. The van der Waals surface area contributed by atoms with Crippen LogP contribution in [0.4, 0.5) is 0 Å². The van der Waals surface area contributed by atoms with E-state index in [4.69, 9.17) is 35.4 Å². The number of hydrogen-bond donors (Lipinski definition) is 3. The smallest absolute Gasteiger partial charge is 0.173 e. The highest BCUT2D eigenvalue weighted by atomic mass is 35.5. The molecule has 0 saturated heterocycles. The van der Waals surface area contributed by atoms with Crippen LogP contribution in [-0.4, -0.2) is 32.6 Å². The fraction of sp³-hybridized carbons (Fsp3) is 0.375. The standard InChI is InChI=1S/C16H18Cl2N2O3S/c1-4-5-20-7(2)11(8(3)21)13(19-16(20)24)9-6-10(17)15(23)12(18)14(9)22/h6,13,22-23H,4-5H2,1-3H3,(H,19,24). The molecular formula is C16H18Cl2N2O3S. The maximum atomic E-state index is 12.2. The van der Waals surface area contributed by atoms with Crippen molar-refractivity contribution in [2.75, 3.05) is 6.54 Å². The van der Waals surface area contributed by atoms with Crippen LogP contribution in [0, 0.1) is 0 Å². The van der Waals surface area contributed by atoms with Gasteiger partial charge in [0.05, 0.1) is 11.1 Å². The molecule has 0 aliphatic carbocycles. The zero-order chi connectivity index (χ0) is 18.2. The summed E-state index contributed by atoms with van der Waals surface area (Å²) < 4.78 is 0. The fourth-order valence-electron chi connectivity index (χ4n) is 2.80. The first-order chi connectivity index (χ1) is 11.2. The Kier molecular flexibility index (Phi) is 5.63. The van der Waals surface area contributed by atoms with Gasteiger partial charge in [-0.15, -0.1) is 0 Å². The van der Waals surface area contributed by atoms with E-state index in [1.54, 1.807) is 0 Å². The molecule has 1 unspecified atom stereocenters. The normalized spacial score (nSPS) is 18.0. The summed E-state index contributed by atoms with van der Waals surface area (Å²) in [6, 6.07) is 0.683. The summed E-state index contributed by atoms with van der Waals surface area (Å²) in [6.07, 6.45) is 0.858. The van der Waals surface area contributed by atoms with E-state index < -0.39 is 11.8 Å². The molecule has 1 aromatic rings. The highest BCUT2D eigenvalue weighted by Gasteiger charge is 2.34. The molecule has 1 aliphatic heterocycles. The molecule has 0 aromatic heterocycles. The molecule has 1 atom stereocenters. The van der Waals surface area contributed by atoms with E-state index in [-0.39, 0.29) is 27.1 Å². The van der Waals surface area contributed by atoms with Gasteiger partial charge in [0.2, 0.25) is 0 Å². The number of allylic oxidation sites excluding steroid dienone is 1. The van der Waals surface area contributed by atoms with Gasteiger partial charge in [-0.05, 0) is 38.6 Å². The molecule has 5 nitrogen and oxygen atoms in total. The van der Waals surface area contributed by atoms with Gasteiger partial charge in [-0.1, -0.05) is 30.1 Å². The molecule has 0 amide bonds. The number of halogens is 2. The molecule has 0 spiro atoms. The molecule has 1 aromatic carbocycles. The van der Waals surface area contributed by atoms with Gasteiger partial charge in [-0.3, -0.25) is 4.79 Å². The van der Waals surface area contributed by atoms with Crippen LogP contribution in [0.15, 0.2) is 17.3 Å². The predicted molar refractivity (Wildman–Crippen MR) is 98.6 cm³/mol. The summed E-state index contributed by atoms with van der Waals surface area (Å²) in [5.74, 6) is -0.904. The van der Waals surface area contributed by atoms with E-state index in [1.165, 1.54) is 13.0 Å². The van der Waals surface area contributed by atoms with Gasteiger partial charge in [-0.25, -0.2) is 0 Å². The first-order valence-electron chi connectivity index (χ1n) is 7.40. The van der Waals surface area contributed by atoms with E-state index in [2.05, 4.69) is 5.32 Å². The zero-order valence-corrected chi connectivity index (χ0v) is 15.8.